The fraction of sp³-hybridized carbons (Fsp3) is 0.576. The highest BCUT2D eigenvalue weighted by atomic mass is 16.5. The van der Waals surface area contributed by atoms with Gasteiger partial charge in [-0.3, -0.25) is 4.79 Å². The minimum Gasteiger partial charge on any atom is -0.494 e. The van der Waals surface area contributed by atoms with Crippen LogP contribution < -0.4 is 9.47 Å². The fourth-order valence-corrected chi connectivity index (χ4v) is 4.85. The van der Waals surface area contributed by atoms with Gasteiger partial charge in [0.15, 0.2) is 0 Å². The maximum atomic E-state index is 12.8. The minimum atomic E-state index is -0.348. The molecule has 3 rings (SSSR count). The van der Waals surface area contributed by atoms with Crippen molar-refractivity contribution in [2.24, 2.45) is 11.8 Å². The molecule has 5 heteroatoms. The van der Waals surface area contributed by atoms with E-state index in [4.69, 9.17) is 14.2 Å². The van der Waals surface area contributed by atoms with E-state index >= 15 is 0 Å². The largest absolute Gasteiger partial charge is 0.494 e. The summed E-state index contributed by atoms with van der Waals surface area (Å²) < 4.78 is 16.9. The van der Waals surface area contributed by atoms with Crippen LogP contribution in [0.15, 0.2) is 48.5 Å². The zero-order valence-electron chi connectivity index (χ0n) is 23.6. The standard InChI is InChI=1S/C33H46O5/c1-4-6-7-8-9-10-23-36-30-19-15-27(16-20-30)26-11-13-29(14-12-26)33(35)38-31-21-17-28(18-22-31)32(34)37-24-25(3)5-2/h15-22,25-26,29H,4-14,23-24H2,1-3H3. The zero-order valence-corrected chi connectivity index (χ0v) is 23.6. The summed E-state index contributed by atoms with van der Waals surface area (Å²) in [5.41, 5.74) is 1.78. The average Bonchev–Trinajstić information content (AvgIpc) is 2.96. The molecule has 0 saturated heterocycles. The van der Waals surface area contributed by atoms with E-state index in [9.17, 15) is 9.59 Å². The molecule has 1 aliphatic rings. The Kier molecular flexibility index (Phi) is 12.7. The number of unbranched alkanes of at least 4 members (excludes halogenated alkanes) is 5. The molecule has 0 N–H and O–H groups in total. The Bertz CT molecular complexity index is 958. The van der Waals surface area contributed by atoms with Gasteiger partial charge in [-0.25, -0.2) is 4.79 Å². The molecule has 5 nitrogen and oxygen atoms in total. The Morgan fingerprint density at radius 1 is 0.816 bits per heavy atom. The second kappa shape index (κ2) is 16.2. The van der Waals surface area contributed by atoms with Gasteiger partial charge in [0, 0.05) is 0 Å². The second-order valence-electron chi connectivity index (χ2n) is 10.8. The monoisotopic (exact) mass is 522 g/mol. The van der Waals surface area contributed by atoms with Crippen LogP contribution >= 0.6 is 0 Å². The molecule has 0 amide bonds. The molecule has 1 aliphatic carbocycles. The van der Waals surface area contributed by atoms with Gasteiger partial charge in [0.25, 0.3) is 0 Å². The van der Waals surface area contributed by atoms with Crippen molar-refractivity contribution in [3.8, 4) is 11.5 Å². The maximum absolute atomic E-state index is 12.8. The van der Waals surface area contributed by atoms with Crippen LogP contribution in [0.4, 0.5) is 0 Å². The fourth-order valence-electron chi connectivity index (χ4n) is 4.85. The molecule has 0 bridgehead atoms. The Balaban J connectivity index is 1.37. The van der Waals surface area contributed by atoms with Crippen LogP contribution in [0.3, 0.4) is 0 Å². The molecular formula is C33H46O5. The highest BCUT2D eigenvalue weighted by molar-refractivity contribution is 5.89. The smallest absolute Gasteiger partial charge is 0.338 e. The van der Waals surface area contributed by atoms with Crippen molar-refractivity contribution < 1.29 is 23.8 Å². The van der Waals surface area contributed by atoms with Crippen LogP contribution in [0.2, 0.25) is 0 Å². The van der Waals surface area contributed by atoms with E-state index in [0.29, 0.717) is 29.8 Å². The normalized spacial score (nSPS) is 18.0. The molecule has 0 aliphatic heterocycles. The van der Waals surface area contributed by atoms with E-state index in [2.05, 4.69) is 38.1 Å². The Morgan fingerprint density at radius 2 is 1.45 bits per heavy atom. The lowest BCUT2D eigenvalue weighted by molar-refractivity contribution is -0.140. The van der Waals surface area contributed by atoms with Crippen LogP contribution in [0, 0.1) is 11.8 Å². The molecule has 0 radical (unpaired) electrons. The predicted molar refractivity (Wildman–Crippen MR) is 152 cm³/mol. The molecular weight excluding hydrogens is 476 g/mol. The first-order valence-corrected chi connectivity index (χ1v) is 14.7. The molecule has 0 heterocycles. The maximum Gasteiger partial charge on any atom is 0.338 e. The van der Waals surface area contributed by atoms with Crippen molar-refractivity contribution in [3.05, 3.63) is 59.7 Å². The predicted octanol–water partition coefficient (Wildman–Crippen LogP) is 8.51. The molecule has 208 valence electrons. The number of benzene rings is 2. The molecule has 1 saturated carbocycles. The van der Waals surface area contributed by atoms with Crippen molar-refractivity contribution in [3.63, 3.8) is 0 Å². The average molecular weight is 523 g/mol. The summed E-state index contributed by atoms with van der Waals surface area (Å²) in [5, 5.41) is 0. The SMILES string of the molecule is CCCCCCCCOc1ccc(C2CCC(C(=O)Oc3ccc(C(=O)OCC(C)CC)cc3)CC2)cc1. The lowest BCUT2D eigenvalue weighted by Gasteiger charge is -2.27. The summed E-state index contributed by atoms with van der Waals surface area (Å²) in [5.74, 6) is 1.58. The molecule has 2 aromatic carbocycles. The first kappa shape index (κ1) is 29.7. The van der Waals surface area contributed by atoms with Gasteiger partial charge in [-0.05, 0) is 85.9 Å². The van der Waals surface area contributed by atoms with Gasteiger partial charge >= 0.3 is 11.9 Å². The number of hydrogen-bond donors (Lipinski definition) is 0. The topological polar surface area (TPSA) is 61.8 Å². The number of rotatable bonds is 15. The molecule has 0 spiro atoms. The molecule has 2 aromatic rings. The highest BCUT2D eigenvalue weighted by Crippen LogP contribution is 2.37. The third kappa shape index (κ3) is 9.81. The van der Waals surface area contributed by atoms with Crippen molar-refractivity contribution in [2.75, 3.05) is 13.2 Å². The van der Waals surface area contributed by atoms with E-state index in [0.717, 1.165) is 50.9 Å². The van der Waals surface area contributed by atoms with E-state index < -0.39 is 0 Å². The quantitative estimate of drug-likeness (QED) is 0.133. The van der Waals surface area contributed by atoms with Gasteiger partial charge < -0.3 is 14.2 Å². The van der Waals surface area contributed by atoms with Gasteiger partial charge in [-0.2, -0.15) is 0 Å². The first-order chi connectivity index (χ1) is 18.5. The number of hydrogen-bond acceptors (Lipinski definition) is 5. The second-order valence-corrected chi connectivity index (χ2v) is 10.8. The summed E-state index contributed by atoms with van der Waals surface area (Å²) in [6.45, 7) is 7.55. The van der Waals surface area contributed by atoms with Gasteiger partial charge in [0.05, 0.1) is 24.7 Å². The van der Waals surface area contributed by atoms with E-state index in [1.54, 1.807) is 24.3 Å². The summed E-state index contributed by atoms with van der Waals surface area (Å²) in [4.78, 5) is 24.9. The van der Waals surface area contributed by atoms with E-state index in [1.165, 1.54) is 37.7 Å². The van der Waals surface area contributed by atoms with Crippen molar-refractivity contribution >= 4 is 11.9 Å². The van der Waals surface area contributed by atoms with Crippen LogP contribution in [-0.2, 0) is 9.53 Å². The van der Waals surface area contributed by atoms with E-state index in [-0.39, 0.29) is 17.9 Å². The number of carbonyl (C=O) groups excluding carboxylic acids is 2. The lowest BCUT2D eigenvalue weighted by atomic mass is 9.79. The number of ether oxygens (including phenoxy) is 3. The van der Waals surface area contributed by atoms with Crippen LogP contribution in [-0.4, -0.2) is 25.2 Å². The van der Waals surface area contributed by atoms with Crippen LogP contribution in [0.5, 0.6) is 11.5 Å². The van der Waals surface area contributed by atoms with E-state index in [1.807, 2.05) is 6.92 Å². The van der Waals surface area contributed by atoms with Crippen molar-refractivity contribution in [2.45, 2.75) is 97.3 Å². The Morgan fingerprint density at radius 3 is 2.11 bits per heavy atom. The summed E-state index contributed by atoms with van der Waals surface area (Å²) in [7, 11) is 0. The third-order valence-corrected chi connectivity index (χ3v) is 7.68. The first-order valence-electron chi connectivity index (χ1n) is 14.7. The molecule has 38 heavy (non-hydrogen) atoms. The highest BCUT2D eigenvalue weighted by Gasteiger charge is 2.28. The Hall–Kier alpha value is -2.82. The zero-order chi connectivity index (χ0) is 27.2. The third-order valence-electron chi connectivity index (χ3n) is 7.68. The van der Waals surface area contributed by atoms with Crippen LogP contribution in [0.1, 0.15) is 113 Å². The van der Waals surface area contributed by atoms with Crippen molar-refractivity contribution in [1.82, 2.24) is 0 Å². The van der Waals surface area contributed by atoms with Gasteiger partial charge in [-0.15, -0.1) is 0 Å². The number of carbonyl (C=O) groups is 2. The van der Waals surface area contributed by atoms with Gasteiger partial charge in [-0.1, -0.05) is 71.4 Å². The molecule has 1 fully saturated rings. The molecule has 1 unspecified atom stereocenters. The van der Waals surface area contributed by atoms with Crippen LogP contribution in [0.25, 0.3) is 0 Å². The minimum absolute atomic E-state index is 0.0913. The van der Waals surface area contributed by atoms with Crippen molar-refractivity contribution in [1.29, 1.82) is 0 Å². The molecule has 0 aromatic heterocycles. The van der Waals surface area contributed by atoms with Gasteiger partial charge in [0.1, 0.15) is 11.5 Å². The summed E-state index contributed by atoms with van der Waals surface area (Å²) in [6.07, 6.45) is 12.1. The summed E-state index contributed by atoms with van der Waals surface area (Å²) in [6, 6.07) is 15.1. The van der Waals surface area contributed by atoms with Gasteiger partial charge in [0.2, 0.25) is 0 Å². The summed E-state index contributed by atoms with van der Waals surface area (Å²) >= 11 is 0. The molecule has 1 atom stereocenters. The Labute approximate surface area is 229 Å². The number of esters is 2. The lowest BCUT2D eigenvalue weighted by Crippen LogP contribution is -2.25.